The van der Waals surface area contributed by atoms with Crippen molar-refractivity contribution in [3.05, 3.63) is 46.8 Å². The first-order valence-electron chi connectivity index (χ1n) is 6.04. The van der Waals surface area contributed by atoms with Crippen LogP contribution in [-0.4, -0.2) is 15.0 Å². The van der Waals surface area contributed by atoms with Crippen LogP contribution in [-0.2, 0) is 0 Å². The number of aryl methyl sites for hydroxylation is 1. The second-order valence-corrected chi connectivity index (χ2v) is 5.30. The lowest BCUT2D eigenvalue weighted by Gasteiger charge is -2.09. The largest absolute Gasteiger partial charge is 0.384 e. The van der Waals surface area contributed by atoms with Crippen LogP contribution in [0, 0.1) is 6.92 Å². The van der Waals surface area contributed by atoms with Crippen molar-refractivity contribution in [2.45, 2.75) is 6.92 Å². The number of nitrogens with zero attached hydrogens (tertiary/aromatic N) is 3. The Morgan fingerprint density at radius 3 is 2.85 bits per heavy atom. The van der Waals surface area contributed by atoms with Gasteiger partial charge in [-0.05, 0) is 35.0 Å². The van der Waals surface area contributed by atoms with Crippen molar-refractivity contribution in [3.8, 4) is 0 Å². The molecule has 0 amide bonds. The first-order valence-corrected chi connectivity index (χ1v) is 6.83. The van der Waals surface area contributed by atoms with Crippen molar-refractivity contribution in [2.75, 3.05) is 11.1 Å². The smallest absolute Gasteiger partial charge is 0.136 e. The summed E-state index contributed by atoms with van der Waals surface area (Å²) in [7, 11) is 0. The molecular formula is C14H12BrN5. The first kappa shape index (κ1) is 12.8. The van der Waals surface area contributed by atoms with E-state index in [1.165, 1.54) is 0 Å². The van der Waals surface area contributed by atoms with Crippen LogP contribution in [0.3, 0.4) is 0 Å². The Hall–Kier alpha value is -2.21. The number of rotatable bonds is 2. The van der Waals surface area contributed by atoms with Crippen LogP contribution < -0.4 is 11.1 Å². The number of halogens is 1. The molecule has 2 heterocycles. The number of para-hydroxylation sites is 1. The summed E-state index contributed by atoms with van der Waals surface area (Å²) in [6, 6.07) is 9.66. The van der Waals surface area contributed by atoms with E-state index in [4.69, 9.17) is 5.73 Å². The maximum absolute atomic E-state index is 5.73. The van der Waals surface area contributed by atoms with Crippen molar-refractivity contribution in [3.63, 3.8) is 0 Å². The van der Waals surface area contributed by atoms with Crippen LogP contribution in [0.1, 0.15) is 5.82 Å². The lowest BCUT2D eigenvalue weighted by molar-refractivity contribution is 1.06. The average Bonchev–Trinajstić information content (AvgIpc) is 2.37. The van der Waals surface area contributed by atoms with E-state index < -0.39 is 0 Å². The maximum atomic E-state index is 5.73. The molecule has 0 fully saturated rings. The quantitative estimate of drug-likeness (QED) is 0.753. The van der Waals surface area contributed by atoms with Crippen LogP contribution in [0.25, 0.3) is 10.9 Å². The minimum atomic E-state index is 0.441. The number of nitrogens with two attached hydrogens (primary N) is 1. The number of nitrogens with one attached hydrogen (secondary N) is 1. The summed E-state index contributed by atoms with van der Waals surface area (Å²) < 4.78 is 0.948. The van der Waals surface area contributed by atoms with E-state index in [1.807, 2.05) is 24.3 Å². The number of hydrogen-bond donors (Lipinski definition) is 2. The van der Waals surface area contributed by atoms with E-state index in [0.717, 1.165) is 21.1 Å². The molecule has 6 heteroatoms. The number of fused-ring (bicyclic) bond motifs is 1. The number of hydrogen-bond acceptors (Lipinski definition) is 5. The minimum Gasteiger partial charge on any atom is -0.384 e. The van der Waals surface area contributed by atoms with Crippen LogP contribution in [0.4, 0.5) is 17.3 Å². The molecule has 0 atom stereocenters. The maximum Gasteiger partial charge on any atom is 0.136 e. The fourth-order valence-electron chi connectivity index (χ4n) is 2.03. The zero-order valence-electron chi connectivity index (χ0n) is 10.8. The van der Waals surface area contributed by atoms with Crippen LogP contribution >= 0.6 is 15.9 Å². The zero-order valence-corrected chi connectivity index (χ0v) is 12.3. The Balaban J connectivity index is 2.06. The number of pyridine rings is 1. The normalized spacial score (nSPS) is 10.7. The minimum absolute atomic E-state index is 0.441. The van der Waals surface area contributed by atoms with E-state index in [-0.39, 0.29) is 0 Å². The molecular weight excluding hydrogens is 318 g/mol. The molecule has 0 bridgehead atoms. The van der Waals surface area contributed by atoms with Crippen molar-refractivity contribution in [1.82, 2.24) is 15.0 Å². The molecule has 0 unspecified atom stereocenters. The fraction of sp³-hybridized carbons (Fsp3) is 0.0714. The molecule has 0 aliphatic rings. The topological polar surface area (TPSA) is 76.7 Å². The van der Waals surface area contributed by atoms with Gasteiger partial charge in [-0.3, -0.25) is 4.98 Å². The zero-order chi connectivity index (χ0) is 14.1. The van der Waals surface area contributed by atoms with Crippen LogP contribution in [0.15, 0.2) is 41.0 Å². The van der Waals surface area contributed by atoms with Crippen molar-refractivity contribution in [2.24, 2.45) is 0 Å². The van der Waals surface area contributed by atoms with Gasteiger partial charge in [-0.15, -0.1) is 0 Å². The molecule has 3 N–H and O–H groups in total. The Morgan fingerprint density at radius 2 is 2.05 bits per heavy atom. The fourth-order valence-corrected chi connectivity index (χ4v) is 2.38. The molecule has 0 spiro atoms. The third-order valence-corrected chi connectivity index (χ3v) is 3.23. The highest BCUT2D eigenvalue weighted by atomic mass is 79.9. The van der Waals surface area contributed by atoms with Gasteiger partial charge in [0.1, 0.15) is 17.5 Å². The second-order valence-electron chi connectivity index (χ2n) is 4.38. The van der Waals surface area contributed by atoms with Crippen molar-refractivity contribution < 1.29 is 0 Å². The van der Waals surface area contributed by atoms with Gasteiger partial charge in [-0.25, -0.2) is 9.97 Å². The predicted molar refractivity (Wildman–Crippen MR) is 83.9 cm³/mol. The third-order valence-electron chi connectivity index (χ3n) is 2.80. The molecule has 20 heavy (non-hydrogen) atoms. The summed E-state index contributed by atoms with van der Waals surface area (Å²) in [5.74, 6) is 1.73. The third kappa shape index (κ3) is 2.55. The van der Waals surface area contributed by atoms with E-state index in [0.29, 0.717) is 17.5 Å². The summed E-state index contributed by atoms with van der Waals surface area (Å²) in [5.41, 5.74) is 7.49. The van der Waals surface area contributed by atoms with Gasteiger partial charge >= 0.3 is 0 Å². The molecule has 0 radical (unpaired) electrons. The molecule has 3 rings (SSSR count). The van der Waals surface area contributed by atoms with Crippen molar-refractivity contribution >= 4 is 44.2 Å². The molecule has 100 valence electrons. The Morgan fingerprint density at radius 1 is 1.20 bits per heavy atom. The van der Waals surface area contributed by atoms with E-state index in [2.05, 4.69) is 36.2 Å². The van der Waals surface area contributed by atoms with Crippen molar-refractivity contribution in [1.29, 1.82) is 0 Å². The Labute approximate surface area is 124 Å². The molecule has 2 aromatic heterocycles. The molecule has 3 aromatic rings. The summed E-state index contributed by atoms with van der Waals surface area (Å²) in [5, 5.41) is 4.28. The Kier molecular flexibility index (Phi) is 3.23. The number of benzene rings is 1. The van der Waals surface area contributed by atoms with Gasteiger partial charge in [0.05, 0.1) is 11.2 Å². The number of nitrogen functional groups attached to an aromatic ring is 1. The second kappa shape index (κ2) is 5.05. The van der Waals surface area contributed by atoms with Crippen LogP contribution in [0.5, 0.6) is 0 Å². The predicted octanol–water partition coefficient (Wildman–Crippen LogP) is 3.42. The van der Waals surface area contributed by atoms with E-state index in [1.54, 1.807) is 19.2 Å². The summed E-state index contributed by atoms with van der Waals surface area (Å²) in [6.07, 6.45) is 1.77. The van der Waals surface area contributed by atoms with Gasteiger partial charge in [0, 0.05) is 22.1 Å². The lowest BCUT2D eigenvalue weighted by Crippen LogP contribution is -2.01. The standard InChI is InChI=1S/C14H12BrN5/c1-8-18-12(16)6-13(19-8)20-11-4-2-3-9-5-10(15)7-17-14(9)11/h2-7H,1H3,(H3,16,18,19,20). The molecule has 0 aliphatic carbocycles. The highest BCUT2D eigenvalue weighted by Crippen LogP contribution is 2.26. The SMILES string of the molecule is Cc1nc(N)cc(Nc2cccc3cc(Br)cnc23)n1. The van der Waals surface area contributed by atoms with E-state index in [9.17, 15) is 0 Å². The lowest BCUT2D eigenvalue weighted by atomic mass is 10.2. The molecule has 0 aliphatic heterocycles. The van der Waals surface area contributed by atoms with Gasteiger partial charge in [-0.2, -0.15) is 0 Å². The highest BCUT2D eigenvalue weighted by Gasteiger charge is 2.05. The van der Waals surface area contributed by atoms with Gasteiger partial charge in [0.25, 0.3) is 0 Å². The van der Waals surface area contributed by atoms with Gasteiger partial charge in [-0.1, -0.05) is 12.1 Å². The van der Waals surface area contributed by atoms with Gasteiger partial charge < -0.3 is 11.1 Å². The number of aromatic nitrogens is 3. The highest BCUT2D eigenvalue weighted by molar-refractivity contribution is 9.10. The van der Waals surface area contributed by atoms with Crippen LogP contribution in [0.2, 0.25) is 0 Å². The average molecular weight is 330 g/mol. The van der Waals surface area contributed by atoms with Gasteiger partial charge in [0.15, 0.2) is 0 Å². The number of anilines is 3. The first-order chi connectivity index (χ1) is 9.61. The summed E-state index contributed by atoms with van der Waals surface area (Å²) >= 11 is 3.42. The molecule has 0 saturated heterocycles. The monoisotopic (exact) mass is 329 g/mol. The molecule has 0 saturated carbocycles. The van der Waals surface area contributed by atoms with E-state index >= 15 is 0 Å². The summed E-state index contributed by atoms with van der Waals surface area (Å²) in [4.78, 5) is 12.8. The summed E-state index contributed by atoms with van der Waals surface area (Å²) in [6.45, 7) is 1.81. The molecule has 5 nitrogen and oxygen atoms in total. The van der Waals surface area contributed by atoms with Gasteiger partial charge in [0.2, 0.25) is 0 Å². The molecule has 1 aromatic carbocycles. The Bertz CT molecular complexity index is 767.